The smallest absolute Gasteiger partial charge is 0.239 e. The Morgan fingerprint density at radius 2 is 2.12 bits per heavy atom. The van der Waals surface area contributed by atoms with Gasteiger partial charge in [-0.1, -0.05) is 13.8 Å². The van der Waals surface area contributed by atoms with Gasteiger partial charge in [0.25, 0.3) is 0 Å². The van der Waals surface area contributed by atoms with Crippen LogP contribution >= 0.6 is 0 Å². The molecule has 1 rings (SSSR count). The van der Waals surface area contributed by atoms with Crippen molar-refractivity contribution in [1.29, 1.82) is 0 Å². The Hall–Kier alpha value is -0.610. The fourth-order valence-corrected chi connectivity index (χ4v) is 2.05. The zero-order chi connectivity index (χ0) is 12.3. The predicted octanol–water partition coefficient (Wildman–Crippen LogP) is 0.997. The van der Waals surface area contributed by atoms with E-state index in [2.05, 4.69) is 13.8 Å². The number of nitrogens with two attached hydrogens (primary N) is 1. The standard InChI is InChI=1S/C12H24N2O2/c1-9(2)7-10(13)11(15)14-5-6-16-12(3,4)8-14/h9-10H,5-8,13H2,1-4H3. The topological polar surface area (TPSA) is 55.6 Å². The van der Waals surface area contributed by atoms with Gasteiger partial charge in [0.1, 0.15) is 0 Å². The van der Waals surface area contributed by atoms with Crippen LogP contribution < -0.4 is 5.73 Å². The normalized spacial score (nSPS) is 22.2. The Morgan fingerprint density at radius 1 is 1.50 bits per heavy atom. The lowest BCUT2D eigenvalue weighted by molar-refractivity contribution is -0.147. The van der Waals surface area contributed by atoms with Crippen LogP contribution in [0.15, 0.2) is 0 Å². The molecular weight excluding hydrogens is 204 g/mol. The summed E-state index contributed by atoms with van der Waals surface area (Å²) in [5.74, 6) is 0.512. The van der Waals surface area contributed by atoms with Crippen LogP contribution in [0.2, 0.25) is 0 Å². The third kappa shape index (κ3) is 3.76. The molecule has 1 amide bonds. The molecule has 0 radical (unpaired) electrons. The summed E-state index contributed by atoms with van der Waals surface area (Å²) in [5, 5.41) is 0. The van der Waals surface area contributed by atoms with Crippen molar-refractivity contribution in [3.63, 3.8) is 0 Å². The molecule has 2 N–H and O–H groups in total. The van der Waals surface area contributed by atoms with Gasteiger partial charge in [0.05, 0.1) is 18.2 Å². The summed E-state index contributed by atoms with van der Waals surface area (Å²) in [4.78, 5) is 13.9. The monoisotopic (exact) mass is 228 g/mol. The molecule has 0 spiro atoms. The van der Waals surface area contributed by atoms with Gasteiger partial charge in [0.15, 0.2) is 0 Å². The molecule has 0 aromatic rings. The lowest BCUT2D eigenvalue weighted by Crippen LogP contribution is -2.54. The number of hydrogen-bond acceptors (Lipinski definition) is 3. The SMILES string of the molecule is CC(C)CC(N)C(=O)N1CCOC(C)(C)C1. The highest BCUT2D eigenvalue weighted by atomic mass is 16.5. The van der Waals surface area contributed by atoms with Crippen molar-refractivity contribution >= 4 is 5.91 Å². The number of morpholine rings is 1. The first-order valence-corrected chi connectivity index (χ1v) is 6.00. The Labute approximate surface area is 98.1 Å². The molecule has 1 saturated heterocycles. The molecule has 16 heavy (non-hydrogen) atoms. The second-order valence-corrected chi connectivity index (χ2v) is 5.60. The number of hydrogen-bond donors (Lipinski definition) is 1. The Bertz CT molecular complexity index is 251. The maximum atomic E-state index is 12.1. The number of carbonyl (C=O) groups is 1. The third-order valence-corrected chi connectivity index (χ3v) is 2.78. The molecule has 1 unspecified atom stereocenters. The molecule has 0 aliphatic carbocycles. The first-order chi connectivity index (χ1) is 7.32. The maximum Gasteiger partial charge on any atom is 0.239 e. The van der Waals surface area contributed by atoms with Crippen LogP contribution in [0, 0.1) is 5.92 Å². The van der Waals surface area contributed by atoms with Gasteiger partial charge < -0.3 is 15.4 Å². The van der Waals surface area contributed by atoms with E-state index in [9.17, 15) is 4.79 Å². The minimum Gasteiger partial charge on any atom is -0.372 e. The van der Waals surface area contributed by atoms with Crippen LogP contribution in [0.4, 0.5) is 0 Å². The van der Waals surface area contributed by atoms with Crippen LogP contribution in [0.5, 0.6) is 0 Å². The van der Waals surface area contributed by atoms with Crippen LogP contribution in [0.1, 0.15) is 34.1 Å². The highest BCUT2D eigenvalue weighted by molar-refractivity contribution is 5.81. The molecule has 94 valence electrons. The Kier molecular flexibility index (Phi) is 4.33. The molecule has 4 heteroatoms. The number of amides is 1. The van der Waals surface area contributed by atoms with Crippen molar-refractivity contribution in [3.05, 3.63) is 0 Å². The zero-order valence-corrected chi connectivity index (χ0v) is 10.8. The number of ether oxygens (including phenoxy) is 1. The molecule has 0 aromatic carbocycles. The summed E-state index contributed by atoms with van der Waals surface area (Å²) in [6.07, 6.45) is 0.747. The molecule has 1 aliphatic heterocycles. The van der Waals surface area contributed by atoms with Crippen LogP contribution in [0.25, 0.3) is 0 Å². The van der Waals surface area contributed by atoms with Gasteiger partial charge in [0.2, 0.25) is 5.91 Å². The number of nitrogens with zero attached hydrogens (tertiary/aromatic N) is 1. The van der Waals surface area contributed by atoms with E-state index in [0.29, 0.717) is 25.6 Å². The molecule has 0 saturated carbocycles. The van der Waals surface area contributed by atoms with E-state index >= 15 is 0 Å². The third-order valence-electron chi connectivity index (χ3n) is 2.78. The second-order valence-electron chi connectivity index (χ2n) is 5.60. The summed E-state index contributed by atoms with van der Waals surface area (Å²) in [7, 11) is 0. The molecule has 0 bridgehead atoms. The maximum absolute atomic E-state index is 12.1. The number of rotatable bonds is 3. The van der Waals surface area contributed by atoms with Crippen molar-refractivity contribution in [1.82, 2.24) is 4.90 Å². The van der Waals surface area contributed by atoms with E-state index in [1.807, 2.05) is 18.7 Å². The average molecular weight is 228 g/mol. The van der Waals surface area contributed by atoms with E-state index in [0.717, 1.165) is 6.42 Å². The highest BCUT2D eigenvalue weighted by Crippen LogP contribution is 2.17. The fourth-order valence-electron chi connectivity index (χ4n) is 2.05. The fraction of sp³-hybridized carbons (Fsp3) is 0.917. The molecule has 1 aliphatic rings. The lowest BCUT2D eigenvalue weighted by Gasteiger charge is -2.39. The van der Waals surface area contributed by atoms with Gasteiger partial charge in [-0.05, 0) is 26.2 Å². The molecular formula is C12H24N2O2. The summed E-state index contributed by atoms with van der Waals surface area (Å²) in [6, 6.07) is -0.367. The van der Waals surface area contributed by atoms with Gasteiger partial charge in [-0.2, -0.15) is 0 Å². The lowest BCUT2D eigenvalue weighted by atomic mass is 10.0. The van der Waals surface area contributed by atoms with E-state index in [1.54, 1.807) is 0 Å². The minimum absolute atomic E-state index is 0.0603. The van der Waals surface area contributed by atoms with Crippen molar-refractivity contribution in [3.8, 4) is 0 Å². The van der Waals surface area contributed by atoms with Crippen molar-refractivity contribution < 1.29 is 9.53 Å². The Morgan fingerprint density at radius 3 is 2.62 bits per heavy atom. The van der Waals surface area contributed by atoms with Crippen molar-refractivity contribution in [2.75, 3.05) is 19.7 Å². The first-order valence-electron chi connectivity index (χ1n) is 6.00. The van der Waals surface area contributed by atoms with E-state index in [-0.39, 0.29) is 17.6 Å². The quantitative estimate of drug-likeness (QED) is 0.784. The minimum atomic E-state index is -0.367. The summed E-state index contributed by atoms with van der Waals surface area (Å²) < 4.78 is 5.57. The first kappa shape index (κ1) is 13.5. The van der Waals surface area contributed by atoms with Crippen LogP contribution in [-0.4, -0.2) is 42.1 Å². The second kappa shape index (κ2) is 5.15. The molecule has 1 fully saturated rings. The number of carbonyl (C=O) groups excluding carboxylic acids is 1. The summed E-state index contributed by atoms with van der Waals surface area (Å²) in [6.45, 7) is 10.1. The van der Waals surface area contributed by atoms with Gasteiger partial charge >= 0.3 is 0 Å². The van der Waals surface area contributed by atoms with Gasteiger partial charge in [0, 0.05) is 13.1 Å². The Balaban J connectivity index is 2.53. The van der Waals surface area contributed by atoms with Crippen LogP contribution in [0.3, 0.4) is 0 Å². The average Bonchev–Trinajstić information content (AvgIpc) is 2.13. The molecule has 0 aromatic heterocycles. The molecule has 1 heterocycles. The van der Waals surface area contributed by atoms with Gasteiger partial charge in [-0.15, -0.1) is 0 Å². The highest BCUT2D eigenvalue weighted by Gasteiger charge is 2.32. The largest absolute Gasteiger partial charge is 0.372 e. The predicted molar refractivity (Wildman–Crippen MR) is 64.0 cm³/mol. The van der Waals surface area contributed by atoms with Gasteiger partial charge in [-0.3, -0.25) is 4.79 Å². The van der Waals surface area contributed by atoms with E-state index in [1.165, 1.54) is 0 Å². The van der Waals surface area contributed by atoms with Crippen molar-refractivity contribution in [2.24, 2.45) is 11.7 Å². The summed E-state index contributed by atoms with van der Waals surface area (Å²) in [5.41, 5.74) is 5.66. The summed E-state index contributed by atoms with van der Waals surface area (Å²) >= 11 is 0. The van der Waals surface area contributed by atoms with Gasteiger partial charge in [-0.25, -0.2) is 0 Å². The van der Waals surface area contributed by atoms with Crippen molar-refractivity contribution in [2.45, 2.75) is 45.8 Å². The zero-order valence-electron chi connectivity index (χ0n) is 10.8. The van der Waals surface area contributed by atoms with E-state index in [4.69, 9.17) is 10.5 Å². The van der Waals surface area contributed by atoms with E-state index < -0.39 is 0 Å². The molecule has 1 atom stereocenters. The molecule has 4 nitrogen and oxygen atoms in total. The van der Waals surface area contributed by atoms with Crippen LogP contribution in [-0.2, 0) is 9.53 Å².